The zero-order valence-electron chi connectivity index (χ0n) is 7.88. The molecule has 0 amide bonds. The Morgan fingerprint density at radius 1 is 1.50 bits per heavy atom. The molecule has 2 nitrogen and oxygen atoms in total. The van der Waals surface area contributed by atoms with Gasteiger partial charge >= 0.3 is 0 Å². The number of nitrogens with zero attached hydrogens (tertiary/aromatic N) is 1. The fourth-order valence-electron chi connectivity index (χ4n) is 1.19. The number of rotatable bonds is 4. The van der Waals surface area contributed by atoms with E-state index in [-0.39, 0.29) is 0 Å². The van der Waals surface area contributed by atoms with E-state index in [0.29, 0.717) is 0 Å². The molecule has 1 rings (SSSR count). The Labute approximate surface area is 74.2 Å². The van der Waals surface area contributed by atoms with E-state index in [1.165, 1.54) is 5.56 Å². The first-order chi connectivity index (χ1) is 5.86. The average molecular weight is 165 g/mol. The van der Waals surface area contributed by atoms with Crippen LogP contribution < -0.4 is 9.88 Å². The van der Waals surface area contributed by atoms with Gasteiger partial charge in [0.25, 0.3) is 0 Å². The van der Waals surface area contributed by atoms with Crippen LogP contribution in [0.3, 0.4) is 0 Å². The summed E-state index contributed by atoms with van der Waals surface area (Å²) in [7, 11) is 1.98. The molecular formula is C10H17N2+. The van der Waals surface area contributed by atoms with Gasteiger partial charge in [-0.3, -0.25) is 0 Å². The van der Waals surface area contributed by atoms with Gasteiger partial charge in [-0.1, -0.05) is 0 Å². The first-order valence-corrected chi connectivity index (χ1v) is 4.49. The molecule has 0 spiro atoms. The summed E-state index contributed by atoms with van der Waals surface area (Å²) in [4.78, 5) is 0. The Morgan fingerprint density at radius 3 is 3.00 bits per heavy atom. The van der Waals surface area contributed by atoms with Crippen LogP contribution in [0.2, 0.25) is 0 Å². The molecular weight excluding hydrogens is 148 g/mol. The quantitative estimate of drug-likeness (QED) is 0.651. The van der Waals surface area contributed by atoms with Crippen LogP contribution in [0.1, 0.15) is 12.5 Å². The third kappa shape index (κ3) is 2.62. The van der Waals surface area contributed by atoms with Crippen molar-refractivity contribution in [3.05, 3.63) is 30.1 Å². The molecule has 66 valence electrons. The summed E-state index contributed by atoms with van der Waals surface area (Å²) >= 11 is 0. The summed E-state index contributed by atoms with van der Waals surface area (Å²) in [5.41, 5.74) is 1.40. The van der Waals surface area contributed by atoms with E-state index in [9.17, 15) is 0 Å². The van der Waals surface area contributed by atoms with E-state index in [1.807, 2.05) is 7.05 Å². The summed E-state index contributed by atoms with van der Waals surface area (Å²) in [6.07, 6.45) is 5.41. The second-order valence-corrected chi connectivity index (χ2v) is 2.90. The molecule has 0 aliphatic carbocycles. The van der Waals surface area contributed by atoms with E-state index >= 15 is 0 Å². The minimum atomic E-state index is 1.05. The summed E-state index contributed by atoms with van der Waals surface area (Å²) in [5, 5.41) is 3.14. The Balaban J connectivity index is 2.60. The standard InChI is InChI=1S/C10H17N2/c1-3-12-8-4-5-10(9-12)6-7-11-2/h4-5,8-9,11H,3,6-7H2,1-2H3/q+1. The largest absolute Gasteiger partial charge is 0.319 e. The van der Waals surface area contributed by atoms with Gasteiger partial charge in [-0.15, -0.1) is 0 Å². The topological polar surface area (TPSA) is 15.9 Å². The SMILES string of the molecule is CC[n+]1cccc(CCNC)c1. The van der Waals surface area contributed by atoms with Crippen molar-refractivity contribution in [3.63, 3.8) is 0 Å². The lowest BCUT2D eigenvalue weighted by molar-refractivity contribution is -0.694. The molecule has 0 saturated heterocycles. The number of hydrogen-bond donors (Lipinski definition) is 1. The molecule has 0 saturated carbocycles. The number of aryl methyl sites for hydroxylation is 1. The molecule has 1 aromatic heterocycles. The maximum Gasteiger partial charge on any atom is 0.172 e. The first-order valence-electron chi connectivity index (χ1n) is 4.49. The smallest absolute Gasteiger partial charge is 0.172 e. The minimum Gasteiger partial charge on any atom is -0.319 e. The van der Waals surface area contributed by atoms with Crippen molar-refractivity contribution in [2.24, 2.45) is 0 Å². The fraction of sp³-hybridized carbons (Fsp3) is 0.500. The van der Waals surface area contributed by atoms with Gasteiger partial charge in [0, 0.05) is 11.6 Å². The Bertz CT molecular complexity index is 233. The predicted octanol–water partition coefficient (Wildman–Crippen LogP) is 0.756. The normalized spacial score (nSPS) is 10.2. The highest BCUT2D eigenvalue weighted by atomic mass is 14.9. The Kier molecular flexibility index (Phi) is 3.74. The van der Waals surface area contributed by atoms with E-state index in [4.69, 9.17) is 0 Å². The molecule has 0 bridgehead atoms. The lowest BCUT2D eigenvalue weighted by atomic mass is 10.2. The van der Waals surface area contributed by atoms with Crippen LogP contribution in [0.5, 0.6) is 0 Å². The van der Waals surface area contributed by atoms with Crippen LogP contribution in [-0.4, -0.2) is 13.6 Å². The van der Waals surface area contributed by atoms with E-state index in [1.54, 1.807) is 0 Å². The van der Waals surface area contributed by atoms with Crippen LogP contribution in [0.25, 0.3) is 0 Å². The zero-order valence-corrected chi connectivity index (χ0v) is 7.88. The van der Waals surface area contributed by atoms with Gasteiger partial charge in [0.15, 0.2) is 12.4 Å². The summed E-state index contributed by atoms with van der Waals surface area (Å²) in [5.74, 6) is 0. The molecule has 0 unspecified atom stereocenters. The number of hydrogen-bond acceptors (Lipinski definition) is 1. The van der Waals surface area contributed by atoms with Crippen LogP contribution in [0.15, 0.2) is 24.5 Å². The highest BCUT2D eigenvalue weighted by Gasteiger charge is 1.98. The molecule has 0 atom stereocenters. The second kappa shape index (κ2) is 4.88. The molecule has 1 aromatic rings. The molecule has 1 heterocycles. The maximum atomic E-state index is 3.14. The van der Waals surface area contributed by atoms with Crippen molar-refractivity contribution in [2.45, 2.75) is 19.9 Å². The molecule has 0 aliphatic rings. The third-order valence-corrected chi connectivity index (χ3v) is 1.95. The van der Waals surface area contributed by atoms with Gasteiger partial charge in [-0.25, -0.2) is 4.57 Å². The average Bonchev–Trinajstić information content (AvgIpc) is 2.15. The van der Waals surface area contributed by atoms with Gasteiger partial charge < -0.3 is 5.32 Å². The summed E-state index contributed by atoms with van der Waals surface area (Å²) < 4.78 is 2.20. The molecule has 1 N–H and O–H groups in total. The van der Waals surface area contributed by atoms with Crippen molar-refractivity contribution in [1.29, 1.82) is 0 Å². The monoisotopic (exact) mass is 165 g/mol. The first kappa shape index (κ1) is 9.20. The number of pyridine rings is 1. The third-order valence-electron chi connectivity index (χ3n) is 1.95. The second-order valence-electron chi connectivity index (χ2n) is 2.90. The molecule has 2 heteroatoms. The van der Waals surface area contributed by atoms with Crippen molar-refractivity contribution < 1.29 is 4.57 Å². The van der Waals surface area contributed by atoms with E-state index in [0.717, 1.165) is 19.5 Å². The van der Waals surface area contributed by atoms with Crippen molar-refractivity contribution in [3.8, 4) is 0 Å². The van der Waals surface area contributed by atoms with Gasteiger partial charge in [-0.2, -0.15) is 0 Å². The molecule has 0 radical (unpaired) electrons. The van der Waals surface area contributed by atoms with Crippen LogP contribution in [-0.2, 0) is 13.0 Å². The summed E-state index contributed by atoms with van der Waals surface area (Å²) in [6.45, 7) is 4.25. The highest BCUT2D eigenvalue weighted by Crippen LogP contribution is 1.94. The molecule has 0 fully saturated rings. The molecule has 12 heavy (non-hydrogen) atoms. The lowest BCUT2D eigenvalue weighted by Crippen LogP contribution is -2.31. The van der Waals surface area contributed by atoms with Crippen LogP contribution in [0, 0.1) is 0 Å². The maximum absolute atomic E-state index is 3.14. The Hall–Kier alpha value is -0.890. The number of aromatic nitrogens is 1. The van der Waals surface area contributed by atoms with Gasteiger partial charge in [0.1, 0.15) is 6.54 Å². The van der Waals surface area contributed by atoms with Crippen molar-refractivity contribution >= 4 is 0 Å². The van der Waals surface area contributed by atoms with Gasteiger partial charge in [-0.05, 0) is 33.0 Å². The predicted molar refractivity (Wildman–Crippen MR) is 49.9 cm³/mol. The lowest BCUT2D eigenvalue weighted by Gasteiger charge is -1.98. The Morgan fingerprint density at radius 2 is 2.33 bits per heavy atom. The summed E-state index contributed by atoms with van der Waals surface area (Å²) in [6, 6.07) is 4.28. The minimum absolute atomic E-state index is 1.05. The molecule has 0 aliphatic heterocycles. The van der Waals surface area contributed by atoms with Gasteiger partial charge in [0.2, 0.25) is 0 Å². The fourth-order valence-corrected chi connectivity index (χ4v) is 1.19. The number of likely N-dealkylation sites (N-methyl/N-ethyl adjacent to an activating group) is 1. The van der Waals surface area contributed by atoms with E-state index in [2.05, 4.69) is 41.3 Å². The number of nitrogens with one attached hydrogen (secondary N) is 1. The highest BCUT2D eigenvalue weighted by molar-refractivity contribution is 5.05. The van der Waals surface area contributed by atoms with E-state index < -0.39 is 0 Å². The zero-order chi connectivity index (χ0) is 8.81. The van der Waals surface area contributed by atoms with Gasteiger partial charge in [0.05, 0.1) is 0 Å². The van der Waals surface area contributed by atoms with Crippen molar-refractivity contribution in [2.75, 3.05) is 13.6 Å². The molecule has 0 aromatic carbocycles. The van der Waals surface area contributed by atoms with Crippen LogP contribution >= 0.6 is 0 Å². The van der Waals surface area contributed by atoms with Crippen LogP contribution in [0.4, 0.5) is 0 Å². The van der Waals surface area contributed by atoms with Crippen molar-refractivity contribution in [1.82, 2.24) is 5.32 Å².